The van der Waals surface area contributed by atoms with Crippen molar-refractivity contribution in [1.82, 2.24) is 10.6 Å². The normalized spacial score (nSPS) is 16.7. The highest BCUT2D eigenvalue weighted by atomic mass is 127. The summed E-state index contributed by atoms with van der Waals surface area (Å²) in [6, 6.07) is 9.43. The van der Waals surface area contributed by atoms with Gasteiger partial charge in [-0.15, -0.1) is 0 Å². The van der Waals surface area contributed by atoms with E-state index < -0.39 is 0 Å². The number of hydrogen-bond acceptors (Lipinski definition) is 5. The number of fused-ring (bicyclic) bond motifs is 1. The van der Waals surface area contributed by atoms with E-state index in [-0.39, 0.29) is 18.0 Å². The molecule has 2 N–H and O–H groups in total. The summed E-state index contributed by atoms with van der Waals surface area (Å²) in [5, 5.41) is 6.63. The van der Waals surface area contributed by atoms with Gasteiger partial charge in [0.15, 0.2) is 11.5 Å². The highest BCUT2D eigenvalue weighted by molar-refractivity contribution is 14.1. The molecular formula is C21H25IN2O4. The minimum Gasteiger partial charge on any atom is -0.496 e. The molecule has 0 spiro atoms. The number of methoxy groups -OCH3 is 3. The maximum atomic E-state index is 12.9. The lowest BCUT2D eigenvalue weighted by Crippen LogP contribution is -2.45. The molecule has 7 heteroatoms. The fourth-order valence-corrected chi connectivity index (χ4v) is 4.08. The molecule has 2 aromatic rings. The number of ether oxygens (including phenoxy) is 3. The van der Waals surface area contributed by atoms with Gasteiger partial charge >= 0.3 is 0 Å². The molecule has 0 bridgehead atoms. The number of rotatable bonds is 6. The number of hydrogen-bond donors (Lipinski definition) is 2. The van der Waals surface area contributed by atoms with Crippen LogP contribution in [0, 0.1) is 3.57 Å². The van der Waals surface area contributed by atoms with E-state index in [1.165, 1.54) is 5.56 Å². The topological polar surface area (TPSA) is 68.8 Å². The second kappa shape index (κ2) is 9.00. The third-order valence-corrected chi connectivity index (χ3v) is 5.67. The van der Waals surface area contributed by atoms with Crippen molar-refractivity contribution in [2.24, 2.45) is 0 Å². The molecule has 1 aliphatic rings. The summed E-state index contributed by atoms with van der Waals surface area (Å²) in [7, 11) is 4.84. The first-order chi connectivity index (χ1) is 13.5. The van der Waals surface area contributed by atoms with Crippen LogP contribution < -0.4 is 24.8 Å². The van der Waals surface area contributed by atoms with E-state index in [1.807, 2.05) is 37.3 Å². The van der Waals surface area contributed by atoms with Crippen molar-refractivity contribution in [3.8, 4) is 17.2 Å². The Morgan fingerprint density at radius 2 is 1.79 bits per heavy atom. The maximum absolute atomic E-state index is 12.9. The molecule has 0 fully saturated rings. The quantitative estimate of drug-likeness (QED) is 0.601. The number of halogens is 1. The van der Waals surface area contributed by atoms with Crippen LogP contribution in [0.25, 0.3) is 0 Å². The van der Waals surface area contributed by atoms with Gasteiger partial charge in [0.2, 0.25) is 0 Å². The third kappa shape index (κ3) is 4.20. The third-order valence-electron chi connectivity index (χ3n) is 5.00. The minimum atomic E-state index is -0.155. The zero-order valence-corrected chi connectivity index (χ0v) is 18.6. The van der Waals surface area contributed by atoms with Crippen molar-refractivity contribution in [3.05, 3.63) is 50.6 Å². The molecule has 0 aromatic heterocycles. The molecule has 0 saturated heterocycles. The summed E-state index contributed by atoms with van der Waals surface area (Å²) in [5.41, 5.74) is 2.85. The van der Waals surface area contributed by atoms with Crippen molar-refractivity contribution in [1.29, 1.82) is 0 Å². The molecule has 2 aromatic carbocycles. The van der Waals surface area contributed by atoms with Gasteiger partial charge in [-0.1, -0.05) is 0 Å². The Morgan fingerprint density at radius 1 is 1.11 bits per heavy atom. The average Bonchev–Trinajstić information content (AvgIpc) is 2.71. The fourth-order valence-electron chi connectivity index (χ4n) is 3.59. The molecule has 0 aliphatic carbocycles. The molecule has 2 unspecified atom stereocenters. The predicted molar refractivity (Wildman–Crippen MR) is 117 cm³/mol. The Labute approximate surface area is 179 Å². The van der Waals surface area contributed by atoms with Crippen LogP contribution in [0.5, 0.6) is 17.2 Å². The zero-order chi connectivity index (χ0) is 20.3. The van der Waals surface area contributed by atoms with Crippen molar-refractivity contribution >= 4 is 28.5 Å². The van der Waals surface area contributed by atoms with Gasteiger partial charge < -0.3 is 24.8 Å². The summed E-state index contributed by atoms with van der Waals surface area (Å²) >= 11 is 2.19. The van der Waals surface area contributed by atoms with Crippen molar-refractivity contribution in [3.63, 3.8) is 0 Å². The molecular weight excluding hydrogens is 471 g/mol. The molecule has 1 amide bonds. The SMILES string of the molecule is COc1cc2c(cc1OC)C(C(C)NC(=O)c1cc(I)ccc1OC)NCC2. The lowest BCUT2D eigenvalue weighted by atomic mass is 9.89. The summed E-state index contributed by atoms with van der Waals surface area (Å²) < 4.78 is 17.2. The van der Waals surface area contributed by atoms with E-state index in [2.05, 4.69) is 33.2 Å². The van der Waals surface area contributed by atoms with Crippen LogP contribution in [-0.4, -0.2) is 39.8 Å². The molecule has 0 saturated carbocycles. The van der Waals surface area contributed by atoms with E-state index in [4.69, 9.17) is 14.2 Å². The Balaban J connectivity index is 1.86. The number of carbonyl (C=O) groups excluding carboxylic acids is 1. The molecule has 0 radical (unpaired) electrons. The van der Waals surface area contributed by atoms with E-state index in [1.54, 1.807) is 21.3 Å². The number of nitrogens with one attached hydrogen (secondary N) is 2. The van der Waals surface area contributed by atoms with Gasteiger partial charge in [0, 0.05) is 9.61 Å². The highest BCUT2D eigenvalue weighted by Crippen LogP contribution is 2.36. The van der Waals surface area contributed by atoms with Gasteiger partial charge in [-0.25, -0.2) is 0 Å². The van der Waals surface area contributed by atoms with Gasteiger partial charge in [-0.3, -0.25) is 4.79 Å². The lowest BCUT2D eigenvalue weighted by Gasteiger charge is -2.32. The minimum absolute atomic E-state index is 0.0266. The van der Waals surface area contributed by atoms with Crippen LogP contribution >= 0.6 is 22.6 Å². The van der Waals surface area contributed by atoms with Gasteiger partial charge in [-0.05, 0) is 83.9 Å². The highest BCUT2D eigenvalue weighted by Gasteiger charge is 2.28. The van der Waals surface area contributed by atoms with Crippen molar-refractivity contribution in [2.75, 3.05) is 27.9 Å². The maximum Gasteiger partial charge on any atom is 0.255 e. The van der Waals surface area contributed by atoms with E-state index in [0.717, 1.165) is 27.8 Å². The van der Waals surface area contributed by atoms with Crippen LogP contribution in [0.4, 0.5) is 0 Å². The van der Waals surface area contributed by atoms with E-state index in [9.17, 15) is 4.79 Å². The first-order valence-corrected chi connectivity index (χ1v) is 10.2. The molecule has 28 heavy (non-hydrogen) atoms. The zero-order valence-electron chi connectivity index (χ0n) is 16.5. The summed E-state index contributed by atoms with van der Waals surface area (Å²) in [6.07, 6.45) is 0.900. The number of benzene rings is 2. The van der Waals surface area contributed by atoms with Crippen LogP contribution in [-0.2, 0) is 6.42 Å². The average molecular weight is 496 g/mol. The summed E-state index contributed by atoms with van der Waals surface area (Å²) in [6.45, 7) is 2.83. The lowest BCUT2D eigenvalue weighted by molar-refractivity contribution is 0.0927. The van der Waals surface area contributed by atoms with Crippen LogP contribution in [0.3, 0.4) is 0 Å². The van der Waals surface area contributed by atoms with Gasteiger partial charge in [0.25, 0.3) is 5.91 Å². The summed E-state index contributed by atoms with van der Waals surface area (Å²) in [5.74, 6) is 1.82. The summed E-state index contributed by atoms with van der Waals surface area (Å²) in [4.78, 5) is 12.9. The van der Waals surface area contributed by atoms with Crippen LogP contribution in [0.2, 0.25) is 0 Å². The molecule has 3 rings (SSSR count). The number of carbonyl (C=O) groups is 1. The van der Waals surface area contributed by atoms with Crippen molar-refractivity contribution in [2.45, 2.75) is 25.4 Å². The Kier molecular flexibility index (Phi) is 6.66. The standard InChI is InChI=1S/C21H25IN2O4/c1-12(24-21(25)16-10-14(22)5-6-17(16)26-2)20-15-11-19(28-4)18(27-3)9-13(15)7-8-23-20/h5-6,9-12,20,23H,7-8H2,1-4H3,(H,24,25). The molecule has 1 aliphatic heterocycles. The van der Waals surface area contributed by atoms with Crippen LogP contribution in [0.15, 0.2) is 30.3 Å². The van der Waals surface area contributed by atoms with E-state index in [0.29, 0.717) is 17.1 Å². The first kappa shape index (κ1) is 20.7. The van der Waals surface area contributed by atoms with Gasteiger partial charge in [0.05, 0.1) is 32.9 Å². The van der Waals surface area contributed by atoms with Crippen LogP contribution in [0.1, 0.15) is 34.5 Å². The Bertz CT molecular complexity index is 872. The first-order valence-electron chi connectivity index (χ1n) is 9.11. The smallest absolute Gasteiger partial charge is 0.255 e. The fraction of sp³-hybridized carbons (Fsp3) is 0.381. The second-order valence-corrected chi connectivity index (χ2v) is 7.94. The monoisotopic (exact) mass is 496 g/mol. The Morgan fingerprint density at radius 3 is 2.46 bits per heavy atom. The molecule has 2 atom stereocenters. The second-order valence-electron chi connectivity index (χ2n) is 6.69. The molecule has 1 heterocycles. The number of amides is 1. The van der Waals surface area contributed by atoms with Gasteiger partial charge in [-0.2, -0.15) is 0 Å². The van der Waals surface area contributed by atoms with E-state index >= 15 is 0 Å². The molecule has 6 nitrogen and oxygen atoms in total. The van der Waals surface area contributed by atoms with Crippen molar-refractivity contribution < 1.29 is 19.0 Å². The predicted octanol–water partition coefficient (Wildman–Crippen LogP) is 3.32. The Hall–Kier alpha value is -2.00. The largest absolute Gasteiger partial charge is 0.496 e. The molecule has 150 valence electrons. The van der Waals surface area contributed by atoms with Gasteiger partial charge in [0.1, 0.15) is 5.75 Å².